The smallest absolute Gasteiger partial charge is 0.275 e. The molecule has 0 aromatic heterocycles. The summed E-state index contributed by atoms with van der Waals surface area (Å²) in [6.45, 7) is 13.6. The van der Waals surface area contributed by atoms with Crippen molar-refractivity contribution < 1.29 is 14.0 Å². The number of benzene rings is 2. The lowest BCUT2D eigenvalue weighted by molar-refractivity contribution is -0.134. The van der Waals surface area contributed by atoms with Crippen LogP contribution in [0.5, 0.6) is 0 Å². The van der Waals surface area contributed by atoms with E-state index in [0.717, 1.165) is 56.8 Å². The Morgan fingerprint density at radius 1 is 1.08 bits per heavy atom. The van der Waals surface area contributed by atoms with E-state index in [1.165, 1.54) is 12.1 Å². The van der Waals surface area contributed by atoms with Crippen molar-refractivity contribution in [2.45, 2.75) is 98.2 Å². The topological polar surface area (TPSA) is 49.7 Å². The van der Waals surface area contributed by atoms with Crippen LogP contribution in [-0.2, 0) is 4.79 Å². The second kappa shape index (κ2) is 10.7. The Morgan fingerprint density at radius 3 is 2.29 bits per heavy atom. The summed E-state index contributed by atoms with van der Waals surface area (Å²) in [6, 6.07) is 13.7. The van der Waals surface area contributed by atoms with Crippen LogP contribution in [0.2, 0.25) is 0 Å². The molecule has 1 aliphatic heterocycles. The maximum Gasteiger partial charge on any atom is 0.275 e. The number of amides is 1. The van der Waals surface area contributed by atoms with Crippen LogP contribution in [0.15, 0.2) is 53.5 Å². The third kappa shape index (κ3) is 5.77. The average Bonchev–Trinajstić information content (AvgIpc) is 3.15. The molecule has 0 saturated heterocycles. The van der Waals surface area contributed by atoms with Gasteiger partial charge in [0.25, 0.3) is 5.91 Å². The van der Waals surface area contributed by atoms with Crippen LogP contribution in [0, 0.1) is 22.6 Å². The first kappa shape index (κ1) is 28.2. The van der Waals surface area contributed by atoms with E-state index in [4.69, 9.17) is 4.99 Å². The molecule has 1 fully saturated rings. The number of hydrogen-bond acceptors (Lipinski definition) is 3. The monoisotopic (exact) mass is 518 g/mol. The second-order valence-electron chi connectivity index (χ2n) is 13.1. The molecule has 1 atom stereocenters. The van der Waals surface area contributed by atoms with Crippen molar-refractivity contribution in [2.24, 2.45) is 21.7 Å². The van der Waals surface area contributed by atoms with E-state index < -0.39 is 5.66 Å². The molecular formula is C33H43FN2O2. The molecule has 2 aromatic rings. The molecule has 4 rings (SSSR count). The Kier molecular flexibility index (Phi) is 7.97. The molecule has 38 heavy (non-hydrogen) atoms. The maximum atomic E-state index is 14.3. The highest BCUT2D eigenvalue weighted by Gasteiger charge is 2.53. The summed E-state index contributed by atoms with van der Waals surface area (Å²) in [6.07, 6.45) is 7.26. The van der Waals surface area contributed by atoms with Gasteiger partial charge in [-0.05, 0) is 73.0 Å². The Balaban J connectivity index is 1.79. The molecule has 0 N–H and O–H groups in total. The van der Waals surface area contributed by atoms with Crippen LogP contribution in [-0.4, -0.2) is 28.5 Å². The van der Waals surface area contributed by atoms with E-state index in [0.29, 0.717) is 22.8 Å². The molecule has 1 spiro atoms. The predicted molar refractivity (Wildman–Crippen MR) is 152 cm³/mol. The quantitative estimate of drug-likeness (QED) is 0.331. The lowest BCUT2D eigenvalue weighted by Crippen LogP contribution is -2.51. The number of halogens is 1. The van der Waals surface area contributed by atoms with E-state index in [-0.39, 0.29) is 28.6 Å². The van der Waals surface area contributed by atoms with E-state index in [9.17, 15) is 14.0 Å². The van der Waals surface area contributed by atoms with Crippen molar-refractivity contribution in [3.8, 4) is 0 Å². The largest absolute Gasteiger partial charge is 0.305 e. The van der Waals surface area contributed by atoms with Gasteiger partial charge in [-0.2, -0.15) is 0 Å². The molecule has 1 heterocycles. The van der Waals surface area contributed by atoms with Gasteiger partial charge in [-0.1, -0.05) is 84.4 Å². The summed E-state index contributed by atoms with van der Waals surface area (Å²) in [7, 11) is 0. The van der Waals surface area contributed by atoms with Crippen molar-refractivity contribution in [3.05, 3.63) is 71.0 Å². The minimum Gasteiger partial charge on any atom is -0.305 e. The van der Waals surface area contributed by atoms with Gasteiger partial charge >= 0.3 is 0 Å². The minimum absolute atomic E-state index is 0.0893. The van der Waals surface area contributed by atoms with Gasteiger partial charge in [0.1, 0.15) is 23.5 Å². The Morgan fingerprint density at radius 2 is 1.74 bits per heavy atom. The average molecular weight is 519 g/mol. The summed E-state index contributed by atoms with van der Waals surface area (Å²) in [5.41, 5.74) is 2.21. The third-order valence-electron chi connectivity index (χ3n) is 9.03. The second-order valence-corrected chi connectivity index (χ2v) is 13.1. The van der Waals surface area contributed by atoms with E-state index >= 15 is 0 Å². The highest BCUT2D eigenvalue weighted by atomic mass is 19.1. The summed E-state index contributed by atoms with van der Waals surface area (Å²) in [5, 5.41) is 0. The van der Waals surface area contributed by atoms with E-state index in [1.807, 2.05) is 29.2 Å². The van der Waals surface area contributed by atoms with Crippen molar-refractivity contribution in [3.63, 3.8) is 0 Å². The summed E-state index contributed by atoms with van der Waals surface area (Å²) in [4.78, 5) is 32.9. The lowest BCUT2D eigenvalue weighted by atomic mass is 9.67. The van der Waals surface area contributed by atoms with Gasteiger partial charge in [0.2, 0.25) is 0 Å². The van der Waals surface area contributed by atoms with E-state index in [1.54, 1.807) is 12.1 Å². The standard InChI is InChI=1S/C33H43FN2O2/c1-7-32(5,6)26-15-19-33(20-16-26)35-29(25-9-8-10-27(34)21-25)30(38)36(33)28(17-18-31(2,3)4)24-13-11-23(22-37)12-14-24/h8-14,21-22,26,28H,7,15-20H2,1-6H3. The molecule has 1 saturated carbocycles. The first-order valence-electron chi connectivity index (χ1n) is 14.1. The van der Waals surface area contributed by atoms with Crippen LogP contribution in [0.3, 0.4) is 0 Å². The summed E-state index contributed by atoms with van der Waals surface area (Å²) < 4.78 is 14.2. The molecule has 1 amide bonds. The van der Waals surface area contributed by atoms with Gasteiger partial charge in [-0.15, -0.1) is 0 Å². The van der Waals surface area contributed by atoms with Crippen molar-refractivity contribution in [1.29, 1.82) is 0 Å². The molecule has 204 valence electrons. The highest BCUT2D eigenvalue weighted by molar-refractivity contribution is 6.46. The zero-order valence-electron chi connectivity index (χ0n) is 23.9. The van der Waals surface area contributed by atoms with Crippen molar-refractivity contribution in [1.82, 2.24) is 4.90 Å². The predicted octanol–water partition coefficient (Wildman–Crippen LogP) is 8.16. The molecule has 5 heteroatoms. The van der Waals surface area contributed by atoms with Gasteiger partial charge in [0.15, 0.2) is 0 Å². The van der Waals surface area contributed by atoms with Crippen LogP contribution < -0.4 is 0 Å². The number of aliphatic imine (C=N–C) groups is 1. The summed E-state index contributed by atoms with van der Waals surface area (Å²) >= 11 is 0. The first-order valence-corrected chi connectivity index (χ1v) is 14.1. The molecular weight excluding hydrogens is 475 g/mol. The number of hydrogen-bond donors (Lipinski definition) is 0. The number of carbonyl (C=O) groups excluding carboxylic acids is 2. The zero-order valence-corrected chi connectivity index (χ0v) is 23.9. The molecule has 2 aliphatic rings. The van der Waals surface area contributed by atoms with E-state index in [2.05, 4.69) is 41.5 Å². The third-order valence-corrected chi connectivity index (χ3v) is 9.03. The molecule has 2 aromatic carbocycles. The fourth-order valence-corrected chi connectivity index (χ4v) is 6.18. The molecule has 1 aliphatic carbocycles. The van der Waals surface area contributed by atoms with Gasteiger partial charge < -0.3 is 4.90 Å². The number of nitrogens with zero attached hydrogens (tertiary/aromatic N) is 2. The highest BCUT2D eigenvalue weighted by Crippen LogP contribution is 2.51. The molecule has 0 radical (unpaired) electrons. The van der Waals surface area contributed by atoms with Crippen LogP contribution >= 0.6 is 0 Å². The first-order chi connectivity index (χ1) is 17.9. The number of rotatable bonds is 8. The minimum atomic E-state index is -0.648. The van der Waals surface area contributed by atoms with Gasteiger partial charge in [0, 0.05) is 11.1 Å². The Labute approximate surface area is 227 Å². The molecule has 0 bridgehead atoms. The SMILES string of the molecule is CCC(C)(C)C1CCC2(CC1)N=C(c1cccc(F)c1)C(=O)N2C(CCC(C)(C)C)c1ccc(C=O)cc1. The van der Waals surface area contributed by atoms with Gasteiger partial charge in [-0.25, -0.2) is 4.39 Å². The fraction of sp³-hybridized carbons (Fsp3) is 0.545. The fourth-order valence-electron chi connectivity index (χ4n) is 6.18. The van der Waals surface area contributed by atoms with Crippen LogP contribution in [0.4, 0.5) is 4.39 Å². The van der Waals surface area contributed by atoms with Gasteiger partial charge in [-0.3, -0.25) is 14.6 Å². The van der Waals surface area contributed by atoms with Gasteiger partial charge in [0.05, 0.1) is 6.04 Å². The lowest BCUT2D eigenvalue weighted by Gasteiger charge is -2.48. The van der Waals surface area contributed by atoms with Crippen molar-refractivity contribution >= 4 is 17.9 Å². The van der Waals surface area contributed by atoms with Crippen molar-refractivity contribution in [2.75, 3.05) is 0 Å². The number of carbonyl (C=O) groups is 2. The number of aldehydes is 1. The van der Waals surface area contributed by atoms with Crippen LogP contribution in [0.1, 0.15) is 114 Å². The molecule has 4 nitrogen and oxygen atoms in total. The Hall–Kier alpha value is -2.82. The zero-order chi connectivity index (χ0) is 27.7. The van der Waals surface area contributed by atoms with Crippen LogP contribution in [0.25, 0.3) is 0 Å². The normalized spacial score (nSPS) is 23.0. The Bertz CT molecular complexity index is 1180. The summed E-state index contributed by atoms with van der Waals surface area (Å²) in [5.74, 6) is 0.0817. The molecule has 1 unspecified atom stereocenters. The maximum absolute atomic E-state index is 14.3.